The van der Waals surface area contributed by atoms with Crippen LogP contribution in [0.2, 0.25) is 0 Å². The molecule has 0 saturated carbocycles. The van der Waals surface area contributed by atoms with Gasteiger partial charge >= 0.3 is 0 Å². The maximum absolute atomic E-state index is 9.23. The second-order valence-electron chi connectivity index (χ2n) is 8.95. The summed E-state index contributed by atoms with van der Waals surface area (Å²) in [6.07, 6.45) is 7.41. The minimum Gasteiger partial charge on any atom is -0.372 e. The first-order valence-corrected chi connectivity index (χ1v) is 11.9. The Morgan fingerprint density at radius 2 is 1.76 bits per heavy atom. The van der Waals surface area contributed by atoms with Gasteiger partial charge in [-0.2, -0.15) is 10.4 Å². The number of pyridine rings is 1. The van der Waals surface area contributed by atoms with Crippen LogP contribution in [0.3, 0.4) is 0 Å². The smallest absolute Gasteiger partial charge is 0.110 e. The fraction of sp³-hybridized carbons (Fsp3) is 0.276. The van der Waals surface area contributed by atoms with Gasteiger partial charge in [0.25, 0.3) is 0 Å². The summed E-state index contributed by atoms with van der Waals surface area (Å²) in [6, 6.07) is 20.4. The van der Waals surface area contributed by atoms with E-state index >= 15 is 0 Å². The van der Waals surface area contributed by atoms with Gasteiger partial charge in [-0.1, -0.05) is 67.8 Å². The summed E-state index contributed by atoms with van der Waals surface area (Å²) in [5.41, 5.74) is 8.35. The molecule has 0 N–H and O–H groups in total. The Hall–Kier alpha value is -3.75. The van der Waals surface area contributed by atoms with E-state index in [2.05, 4.69) is 55.0 Å². The molecule has 0 aliphatic carbocycles. The van der Waals surface area contributed by atoms with Crippen molar-refractivity contribution in [1.82, 2.24) is 14.8 Å². The van der Waals surface area contributed by atoms with Crippen molar-refractivity contribution in [3.8, 4) is 28.5 Å². The molecule has 0 bridgehead atoms. The Kier molecular flexibility index (Phi) is 6.24. The van der Waals surface area contributed by atoms with Gasteiger partial charge in [-0.25, -0.2) is 9.67 Å². The molecule has 1 atom stereocenters. The van der Waals surface area contributed by atoms with Gasteiger partial charge in [-0.15, -0.1) is 0 Å². The Bertz CT molecular complexity index is 1350. The van der Waals surface area contributed by atoms with Gasteiger partial charge in [-0.3, -0.25) is 0 Å². The first kappa shape index (κ1) is 22.1. The summed E-state index contributed by atoms with van der Waals surface area (Å²) in [4.78, 5) is 5.05. The summed E-state index contributed by atoms with van der Waals surface area (Å²) in [6.45, 7) is 7.21. The van der Waals surface area contributed by atoms with Crippen molar-refractivity contribution in [2.75, 3.05) is 6.61 Å². The van der Waals surface area contributed by atoms with E-state index in [9.17, 15) is 5.26 Å². The second kappa shape index (κ2) is 9.62. The van der Waals surface area contributed by atoms with E-state index in [0.29, 0.717) is 5.56 Å². The Morgan fingerprint density at radius 1 is 1.03 bits per heavy atom. The zero-order chi connectivity index (χ0) is 23.5. The van der Waals surface area contributed by atoms with Gasteiger partial charge < -0.3 is 4.74 Å². The minimum atomic E-state index is -0.0430. The standard InChI is InChI=1S/C29H28N4O/c1-20-8-12-24(13-9-20)29-25(23-14-10-22(18-30)11-15-23)17-27-26(32-29)19-31-33(27)21(2)28-7-5-3-4-6-16-34-28/h8-15,17,19,28H,2-7,16H2,1H3/t28-/m1/s1. The van der Waals surface area contributed by atoms with Crippen molar-refractivity contribution >= 4 is 16.7 Å². The van der Waals surface area contributed by atoms with Crippen LogP contribution in [0.1, 0.15) is 43.2 Å². The highest BCUT2D eigenvalue weighted by Gasteiger charge is 2.21. The molecule has 5 heteroatoms. The highest BCUT2D eigenvalue weighted by Crippen LogP contribution is 2.35. The number of aromatic nitrogens is 3. The average molecular weight is 449 g/mol. The van der Waals surface area contributed by atoms with Crippen LogP contribution in [0.15, 0.2) is 67.4 Å². The van der Waals surface area contributed by atoms with E-state index in [0.717, 1.165) is 65.0 Å². The summed E-state index contributed by atoms with van der Waals surface area (Å²) in [5, 5.41) is 13.9. The fourth-order valence-electron chi connectivity index (χ4n) is 4.55. The van der Waals surface area contributed by atoms with Crippen molar-refractivity contribution in [1.29, 1.82) is 5.26 Å². The predicted molar refractivity (Wildman–Crippen MR) is 136 cm³/mol. The van der Waals surface area contributed by atoms with Gasteiger partial charge in [0, 0.05) is 17.7 Å². The van der Waals surface area contributed by atoms with E-state index < -0.39 is 0 Å². The number of fused-ring (bicyclic) bond motifs is 1. The molecular formula is C29H28N4O. The third-order valence-electron chi connectivity index (χ3n) is 6.53. The Balaban J connectivity index is 1.63. The molecule has 0 unspecified atom stereocenters. The fourth-order valence-corrected chi connectivity index (χ4v) is 4.55. The van der Waals surface area contributed by atoms with E-state index in [1.165, 1.54) is 18.4 Å². The molecule has 0 radical (unpaired) electrons. The second-order valence-corrected chi connectivity index (χ2v) is 8.95. The number of aryl methyl sites for hydroxylation is 1. The molecule has 1 fully saturated rings. The zero-order valence-corrected chi connectivity index (χ0v) is 19.5. The molecule has 5 nitrogen and oxygen atoms in total. The van der Waals surface area contributed by atoms with Crippen molar-refractivity contribution < 1.29 is 4.74 Å². The van der Waals surface area contributed by atoms with Crippen LogP contribution in [0.4, 0.5) is 0 Å². The van der Waals surface area contributed by atoms with Gasteiger partial charge in [0.05, 0.1) is 40.8 Å². The summed E-state index contributed by atoms with van der Waals surface area (Å²) < 4.78 is 8.04. The van der Waals surface area contributed by atoms with Gasteiger partial charge in [0.2, 0.25) is 0 Å². The number of rotatable bonds is 4. The third-order valence-corrected chi connectivity index (χ3v) is 6.53. The van der Waals surface area contributed by atoms with Gasteiger partial charge in [0.15, 0.2) is 0 Å². The maximum Gasteiger partial charge on any atom is 0.110 e. The monoisotopic (exact) mass is 448 g/mol. The van der Waals surface area contributed by atoms with Gasteiger partial charge in [-0.05, 0) is 43.5 Å². The molecular weight excluding hydrogens is 420 g/mol. The first-order chi connectivity index (χ1) is 16.6. The highest BCUT2D eigenvalue weighted by molar-refractivity contribution is 5.91. The molecule has 170 valence electrons. The van der Waals surface area contributed by atoms with Crippen molar-refractivity contribution in [2.24, 2.45) is 0 Å². The predicted octanol–water partition coefficient (Wildman–Crippen LogP) is 6.77. The lowest BCUT2D eigenvalue weighted by atomic mass is 9.97. The molecule has 1 saturated heterocycles. The van der Waals surface area contributed by atoms with Crippen molar-refractivity contribution in [3.63, 3.8) is 0 Å². The van der Waals surface area contributed by atoms with Crippen LogP contribution in [0.25, 0.3) is 39.1 Å². The molecule has 34 heavy (non-hydrogen) atoms. The molecule has 1 aliphatic heterocycles. The van der Waals surface area contributed by atoms with Crippen molar-refractivity contribution in [2.45, 2.75) is 45.1 Å². The number of benzene rings is 2. The lowest BCUT2D eigenvalue weighted by Gasteiger charge is -2.23. The summed E-state index contributed by atoms with van der Waals surface area (Å²) >= 11 is 0. The quantitative estimate of drug-likeness (QED) is 0.346. The Labute approximate surface area is 200 Å². The molecule has 4 aromatic rings. The first-order valence-electron chi connectivity index (χ1n) is 11.9. The number of hydrogen-bond acceptors (Lipinski definition) is 4. The molecule has 3 heterocycles. The van der Waals surface area contributed by atoms with E-state index in [4.69, 9.17) is 9.72 Å². The topological polar surface area (TPSA) is 63.7 Å². The third kappa shape index (κ3) is 4.37. The van der Waals surface area contributed by atoms with E-state index in [-0.39, 0.29) is 6.10 Å². The minimum absolute atomic E-state index is 0.0430. The summed E-state index contributed by atoms with van der Waals surface area (Å²) in [5.74, 6) is 0. The van der Waals surface area contributed by atoms with Crippen LogP contribution < -0.4 is 0 Å². The molecule has 5 rings (SSSR count). The molecule has 0 amide bonds. The summed E-state index contributed by atoms with van der Waals surface area (Å²) in [7, 11) is 0. The number of nitrogens with zero attached hydrogens (tertiary/aromatic N) is 4. The SMILES string of the molecule is C=C([C@H]1CCCCCCO1)n1ncc2nc(-c3ccc(C)cc3)c(-c3ccc(C#N)cc3)cc21. The van der Waals surface area contributed by atoms with Crippen LogP contribution in [0, 0.1) is 18.3 Å². The van der Waals surface area contributed by atoms with Crippen molar-refractivity contribution in [3.05, 3.63) is 78.5 Å². The van der Waals surface area contributed by atoms with Crippen LogP contribution in [-0.4, -0.2) is 27.5 Å². The molecule has 1 aliphatic rings. The molecule has 2 aromatic heterocycles. The Morgan fingerprint density at radius 3 is 2.53 bits per heavy atom. The molecule has 2 aromatic carbocycles. The van der Waals surface area contributed by atoms with Crippen LogP contribution >= 0.6 is 0 Å². The lowest BCUT2D eigenvalue weighted by molar-refractivity contribution is 0.0691. The zero-order valence-electron chi connectivity index (χ0n) is 19.5. The van der Waals surface area contributed by atoms with Gasteiger partial charge in [0.1, 0.15) is 5.52 Å². The van der Waals surface area contributed by atoms with Crippen LogP contribution in [-0.2, 0) is 4.74 Å². The lowest BCUT2D eigenvalue weighted by Crippen LogP contribution is -2.21. The van der Waals surface area contributed by atoms with Crippen LogP contribution in [0.5, 0.6) is 0 Å². The number of ether oxygens (including phenoxy) is 1. The average Bonchev–Trinajstić information content (AvgIpc) is 3.26. The molecule has 0 spiro atoms. The largest absolute Gasteiger partial charge is 0.372 e. The van der Waals surface area contributed by atoms with E-state index in [1.54, 1.807) is 0 Å². The maximum atomic E-state index is 9.23. The number of hydrogen-bond donors (Lipinski definition) is 0. The number of nitriles is 1. The highest BCUT2D eigenvalue weighted by atomic mass is 16.5. The normalized spacial score (nSPS) is 16.5. The van der Waals surface area contributed by atoms with E-state index in [1.807, 2.05) is 35.1 Å².